The molecule has 1 fully saturated rings. The zero-order chi connectivity index (χ0) is 15.2. The third kappa shape index (κ3) is 5.71. The first-order chi connectivity index (χ1) is 9.38. The van der Waals surface area contributed by atoms with Crippen LogP contribution >= 0.6 is 0 Å². The summed E-state index contributed by atoms with van der Waals surface area (Å²) in [4.78, 5) is 2.53. The van der Waals surface area contributed by atoms with E-state index in [2.05, 4.69) is 51.9 Å². The van der Waals surface area contributed by atoms with Crippen molar-refractivity contribution in [1.29, 1.82) is 0 Å². The monoisotopic (exact) mass is 284 g/mol. The van der Waals surface area contributed by atoms with Gasteiger partial charge in [0.2, 0.25) is 0 Å². The fourth-order valence-electron chi connectivity index (χ4n) is 3.51. The zero-order valence-electron chi connectivity index (χ0n) is 14.5. The smallest absolute Gasteiger partial charge is 0.0702 e. The molecule has 1 saturated heterocycles. The van der Waals surface area contributed by atoms with Gasteiger partial charge in [0.1, 0.15) is 0 Å². The predicted molar refractivity (Wildman–Crippen MR) is 87.2 cm³/mol. The predicted octanol–water partition coefficient (Wildman–Crippen LogP) is 3.15. The van der Waals surface area contributed by atoms with Crippen LogP contribution in [0.2, 0.25) is 0 Å². The van der Waals surface area contributed by atoms with E-state index >= 15 is 0 Å². The number of nitrogens with one attached hydrogen (secondary N) is 1. The van der Waals surface area contributed by atoms with Crippen LogP contribution in [-0.4, -0.2) is 50.3 Å². The van der Waals surface area contributed by atoms with Gasteiger partial charge >= 0.3 is 0 Å². The molecule has 0 aromatic rings. The Morgan fingerprint density at radius 2 is 2.10 bits per heavy atom. The lowest BCUT2D eigenvalue weighted by Gasteiger charge is -2.37. The van der Waals surface area contributed by atoms with Crippen LogP contribution < -0.4 is 5.32 Å². The first kappa shape index (κ1) is 17.9. The zero-order valence-corrected chi connectivity index (χ0v) is 14.5. The van der Waals surface area contributed by atoms with Crippen molar-refractivity contribution >= 4 is 0 Å². The number of hydrogen-bond acceptors (Lipinski definition) is 3. The molecule has 1 rings (SSSR count). The molecule has 0 radical (unpaired) electrons. The van der Waals surface area contributed by atoms with E-state index in [-0.39, 0.29) is 0 Å². The van der Waals surface area contributed by atoms with E-state index in [1.807, 2.05) is 0 Å². The first-order valence-corrected chi connectivity index (χ1v) is 8.40. The summed E-state index contributed by atoms with van der Waals surface area (Å²) in [6.07, 6.45) is 4.10. The molecule has 1 aliphatic heterocycles. The minimum Gasteiger partial charge on any atom is -0.377 e. The molecule has 20 heavy (non-hydrogen) atoms. The number of ether oxygens (including phenoxy) is 1. The Hall–Kier alpha value is -0.120. The van der Waals surface area contributed by atoms with Crippen molar-refractivity contribution in [3.63, 3.8) is 0 Å². The molecule has 3 nitrogen and oxygen atoms in total. The number of hydrogen-bond donors (Lipinski definition) is 1. The summed E-state index contributed by atoms with van der Waals surface area (Å²) < 4.78 is 5.72. The van der Waals surface area contributed by atoms with Crippen LogP contribution in [0.4, 0.5) is 0 Å². The largest absolute Gasteiger partial charge is 0.377 e. The number of likely N-dealkylation sites (N-methyl/N-ethyl adjacent to an activating group) is 1. The Bertz CT molecular complexity index is 270. The number of nitrogens with zero attached hydrogens (tertiary/aromatic N) is 1. The van der Waals surface area contributed by atoms with Gasteiger partial charge < -0.3 is 15.0 Å². The van der Waals surface area contributed by atoms with Gasteiger partial charge in [-0.2, -0.15) is 0 Å². The second-order valence-electron chi connectivity index (χ2n) is 7.43. The second-order valence-corrected chi connectivity index (χ2v) is 7.43. The summed E-state index contributed by atoms with van der Waals surface area (Å²) in [6, 6.07) is 0.594. The molecule has 120 valence electrons. The highest BCUT2D eigenvalue weighted by Gasteiger charge is 2.32. The molecule has 3 atom stereocenters. The highest BCUT2D eigenvalue weighted by atomic mass is 16.5. The molecule has 0 spiro atoms. The standard InChI is InChI=1S/C17H36N2O/c1-7-9-17(5,12-18-11-14(2)3)13-19(6)16-8-10-20-15(16)4/h14-16,18H,7-13H2,1-6H3. The van der Waals surface area contributed by atoms with Gasteiger partial charge in [-0.3, -0.25) is 0 Å². The molecule has 0 aliphatic carbocycles. The maximum Gasteiger partial charge on any atom is 0.0702 e. The Balaban J connectivity index is 2.50. The summed E-state index contributed by atoms with van der Waals surface area (Å²) in [6.45, 7) is 15.8. The maximum absolute atomic E-state index is 5.72. The quantitative estimate of drug-likeness (QED) is 0.704. The summed E-state index contributed by atoms with van der Waals surface area (Å²) in [5.74, 6) is 0.724. The Kier molecular flexibility index (Phi) is 7.49. The van der Waals surface area contributed by atoms with Crippen molar-refractivity contribution in [2.75, 3.05) is 33.3 Å². The summed E-state index contributed by atoms with van der Waals surface area (Å²) in [5.41, 5.74) is 0.362. The van der Waals surface area contributed by atoms with E-state index in [1.165, 1.54) is 19.3 Å². The van der Waals surface area contributed by atoms with Crippen molar-refractivity contribution in [1.82, 2.24) is 10.2 Å². The van der Waals surface area contributed by atoms with E-state index in [1.54, 1.807) is 0 Å². The van der Waals surface area contributed by atoms with Gasteiger partial charge in [-0.1, -0.05) is 34.1 Å². The average molecular weight is 284 g/mol. The van der Waals surface area contributed by atoms with Gasteiger partial charge in [0.15, 0.2) is 0 Å². The lowest BCUT2D eigenvalue weighted by atomic mass is 9.84. The van der Waals surface area contributed by atoms with Gasteiger partial charge in [-0.05, 0) is 44.7 Å². The molecular formula is C17H36N2O. The van der Waals surface area contributed by atoms with E-state index < -0.39 is 0 Å². The maximum atomic E-state index is 5.72. The fraction of sp³-hybridized carbons (Fsp3) is 1.00. The topological polar surface area (TPSA) is 24.5 Å². The van der Waals surface area contributed by atoms with Crippen LogP contribution in [0.3, 0.4) is 0 Å². The van der Waals surface area contributed by atoms with Gasteiger partial charge in [-0.15, -0.1) is 0 Å². The van der Waals surface area contributed by atoms with Crippen LogP contribution in [-0.2, 0) is 4.74 Å². The third-order valence-corrected chi connectivity index (χ3v) is 4.49. The summed E-state index contributed by atoms with van der Waals surface area (Å²) in [5, 5.41) is 3.66. The van der Waals surface area contributed by atoms with Crippen molar-refractivity contribution in [3.8, 4) is 0 Å². The number of rotatable bonds is 9. The van der Waals surface area contributed by atoms with E-state index in [0.717, 1.165) is 32.2 Å². The molecule has 0 aromatic carbocycles. The van der Waals surface area contributed by atoms with Crippen LogP contribution in [0.25, 0.3) is 0 Å². The van der Waals surface area contributed by atoms with E-state index in [9.17, 15) is 0 Å². The van der Waals surface area contributed by atoms with E-state index in [4.69, 9.17) is 4.74 Å². The molecule has 0 bridgehead atoms. The van der Waals surface area contributed by atoms with Crippen molar-refractivity contribution in [2.24, 2.45) is 11.3 Å². The normalized spacial score (nSPS) is 26.4. The molecule has 1 heterocycles. The van der Waals surface area contributed by atoms with Gasteiger partial charge in [0.05, 0.1) is 6.10 Å². The molecule has 0 amide bonds. The van der Waals surface area contributed by atoms with Crippen LogP contribution in [0.1, 0.15) is 53.9 Å². The Labute approximate surface area is 126 Å². The lowest BCUT2D eigenvalue weighted by molar-refractivity contribution is 0.0640. The minimum atomic E-state index is 0.362. The van der Waals surface area contributed by atoms with Crippen LogP contribution in [0, 0.1) is 11.3 Å². The van der Waals surface area contributed by atoms with Crippen LogP contribution in [0.15, 0.2) is 0 Å². The summed E-state index contributed by atoms with van der Waals surface area (Å²) in [7, 11) is 2.27. The van der Waals surface area contributed by atoms with E-state index in [0.29, 0.717) is 17.6 Å². The fourth-order valence-corrected chi connectivity index (χ4v) is 3.51. The molecular weight excluding hydrogens is 248 g/mol. The van der Waals surface area contributed by atoms with Crippen molar-refractivity contribution in [2.45, 2.75) is 66.0 Å². The van der Waals surface area contributed by atoms with Crippen molar-refractivity contribution in [3.05, 3.63) is 0 Å². The molecule has 1 N–H and O–H groups in total. The first-order valence-electron chi connectivity index (χ1n) is 8.40. The minimum absolute atomic E-state index is 0.362. The van der Waals surface area contributed by atoms with Crippen LogP contribution in [0.5, 0.6) is 0 Å². The molecule has 0 aromatic heterocycles. The van der Waals surface area contributed by atoms with Gasteiger partial charge in [-0.25, -0.2) is 0 Å². The summed E-state index contributed by atoms with van der Waals surface area (Å²) >= 11 is 0. The highest BCUT2D eigenvalue weighted by Crippen LogP contribution is 2.27. The lowest BCUT2D eigenvalue weighted by Crippen LogP contribution is -2.46. The Morgan fingerprint density at radius 3 is 2.60 bits per heavy atom. The Morgan fingerprint density at radius 1 is 1.40 bits per heavy atom. The second kappa shape index (κ2) is 8.35. The third-order valence-electron chi connectivity index (χ3n) is 4.49. The molecule has 3 unspecified atom stereocenters. The SMILES string of the molecule is CCCC(C)(CNCC(C)C)CN(C)C1CCOC1C. The molecule has 3 heteroatoms. The average Bonchev–Trinajstić information content (AvgIpc) is 2.75. The highest BCUT2D eigenvalue weighted by molar-refractivity contribution is 4.86. The molecule has 1 aliphatic rings. The van der Waals surface area contributed by atoms with Gasteiger partial charge in [0, 0.05) is 25.7 Å². The van der Waals surface area contributed by atoms with Gasteiger partial charge in [0.25, 0.3) is 0 Å². The molecule has 0 saturated carbocycles. The van der Waals surface area contributed by atoms with Crippen molar-refractivity contribution < 1.29 is 4.74 Å².